The number of carbonyl (C=O) groups is 3. The van der Waals surface area contributed by atoms with Gasteiger partial charge in [0.15, 0.2) is 17.6 Å². The van der Waals surface area contributed by atoms with E-state index in [9.17, 15) is 14.4 Å². The number of methoxy groups -OCH3 is 3. The van der Waals surface area contributed by atoms with Crippen LogP contribution in [0.5, 0.6) is 23.0 Å². The van der Waals surface area contributed by atoms with E-state index in [1.807, 2.05) is 0 Å². The first-order chi connectivity index (χ1) is 16.4. The molecule has 0 saturated carbocycles. The number of nitrogens with zero attached hydrogens (tertiary/aromatic N) is 2. The third-order valence-electron chi connectivity index (χ3n) is 5.36. The number of ether oxygens (including phenoxy) is 4. The van der Waals surface area contributed by atoms with Crippen molar-refractivity contribution in [2.45, 2.75) is 19.4 Å². The Bertz CT molecular complexity index is 1210. The molecule has 1 N–H and O–H groups in total. The van der Waals surface area contributed by atoms with Gasteiger partial charge in [0.25, 0.3) is 17.7 Å². The van der Waals surface area contributed by atoms with E-state index < -0.39 is 23.8 Å². The van der Waals surface area contributed by atoms with Gasteiger partial charge in [0.2, 0.25) is 5.75 Å². The van der Waals surface area contributed by atoms with Gasteiger partial charge in [-0.3, -0.25) is 14.4 Å². The minimum absolute atomic E-state index is 0.224. The standard InChI is InChI=1S/C24H23N3O7/c1-13-15(9-14-10-18(31-2)22(33-4)19(11-14)32-3)24(30)27(26-13)21(28)12-20-23(29)25-16-7-5-6-8-17(16)34-20/h5-11,20H,12H2,1-4H3,(H,25,29)/b15-9-. The van der Waals surface area contributed by atoms with Crippen LogP contribution in [-0.4, -0.2) is 55.9 Å². The van der Waals surface area contributed by atoms with Crippen molar-refractivity contribution < 1.29 is 33.3 Å². The number of para-hydroxylation sites is 2. The van der Waals surface area contributed by atoms with E-state index in [4.69, 9.17) is 18.9 Å². The number of imide groups is 1. The highest BCUT2D eigenvalue weighted by molar-refractivity contribution is 6.29. The van der Waals surface area contributed by atoms with Gasteiger partial charge in [0, 0.05) is 0 Å². The Balaban J connectivity index is 1.54. The lowest BCUT2D eigenvalue weighted by Gasteiger charge is -2.25. The number of anilines is 1. The molecule has 0 aromatic heterocycles. The number of hydrazone groups is 1. The van der Waals surface area contributed by atoms with Crippen LogP contribution < -0.4 is 24.3 Å². The van der Waals surface area contributed by atoms with Crippen molar-refractivity contribution in [3.8, 4) is 23.0 Å². The van der Waals surface area contributed by atoms with Crippen LogP contribution in [0.4, 0.5) is 5.69 Å². The van der Waals surface area contributed by atoms with Gasteiger partial charge in [0.1, 0.15) is 5.75 Å². The molecular formula is C24H23N3O7. The van der Waals surface area contributed by atoms with E-state index in [0.717, 1.165) is 5.01 Å². The zero-order chi connectivity index (χ0) is 24.4. The Morgan fingerprint density at radius 2 is 1.79 bits per heavy atom. The van der Waals surface area contributed by atoms with Crippen molar-refractivity contribution in [1.29, 1.82) is 0 Å². The Hall–Kier alpha value is -4.34. The van der Waals surface area contributed by atoms with Gasteiger partial charge in [0.05, 0.1) is 44.7 Å². The molecule has 0 radical (unpaired) electrons. The maximum atomic E-state index is 13.0. The summed E-state index contributed by atoms with van der Waals surface area (Å²) in [6.07, 6.45) is 0.160. The fourth-order valence-electron chi connectivity index (χ4n) is 3.68. The van der Waals surface area contributed by atoms with Gasteiger partial charge >= 0.3 is 0 Å². The van der Waals surface area contributed by atoms with Gasteiger partial charge in [-0.15, -0.1) is 0 Å². The van der Waals surface area contributed by atoms with E-state index in [0.29, 0.717) is 40.0 Å². The van der Waals surface area contributed by atoms with Crippen LogP contribution in [0.1, 0.15) is 18.9 Å². The molecule has 2 aromatic rings. The quantitative estimate of drug-likeness (QED) is 0.652. The number of benzene rings is 2. The van der Waals surface area contributed by atoms with Crippen LogP contribution in [0.25, 0.3) is 6.08 Å². The topological polar surface area (TPSA) is 116 Å². The van der Waals surface area contributed by atoms with Crippen molar-refractivity contribution in [3.63, 3.8) is 0 Å². The number of hydrogen-bond acceptors (Lipinski definition) is 8. The van der Waals surface area contributed by atoms with Gasteiger partial charge in [-0.05, 0) is 42.8 Å². The third-order valence-corrected chi connectivity index (χ3v) is 5.36. The molecule has 0 spiro atoms. The summed E-state index contributed by atoms with van der Waals surface area (Å²) in [5.41, 5.74) is 1.69. The second kappa shape index (κ2) is 9.26. The van der Waals surface area contributed by atoms with Gasteiger partial charge in [-0.2, -0.15) is 10.1 Å². The van der Waals surface area contributed by atoms with E-state index in [-0.39, 0.29) is 12.0 Å². The van der Waals surface area contributed by atoms with Crippen LogP contribution in [0.3, 0.4) is 0 Å². The first kappa shape index (κ1) is 22.8. The van der Waals surface area contributed by atoms with Crippen molar-refractivity contribution >= 4 is 35.2 Å². The van der Waals surface area contributed by atoms with E-state index in [1.165, 1.54) is 21.3 Å². The lowest BCUT2D eigenvalue weighted by molar-refractivity contribution is -0.144. The lowest BCUT2D eigenvalue weighted by atomic mass is 10.1. The molecule has 10 heteroatoms. The molecule has 1 atom stereocenters. The SMILES string of the molecule is COc1cc(/C=C2\C(=O)N(C(=O)CC3Oc4ccccc4NC3=O)N=C2C)cc(OC)c1OC. The zero-order valence-corrected chi connectivity index (χ0v) is 19.1. The molecule has 0 bridgehead atoms. The van der Waals surface area contributed by atoms with Crippen LogP contribution in [0, 0.1) is 0 Å². The van der Waals surface area contributed by atoms with Crippen LogP contribution in [-0.2, 0) is 14.4 Å². The summed E-state index contributed by atoms with van der Waals surface area (Å²) in [5.74, 6) is -0.0165. The summed E-state index contributed by atoms with van der Waals surface area (Å²) in [5, 5.41) is 7.57. The van der Waals surface area contributed by atoms with Crippen LogP contribution in [0.15, 0.2) is 47.1 Å². The van der Waals surface area contributed by atoms with E-state index >= 15 is 0 Å². The summed E-state index contributed by atoms with van der Waals surface area (Å²) in [4.78, 5) is 38.2. The van der Waals surface area contributed by atoms with Gasteiger partial charge < -0.3 is 24.3 Å². The number of rotatable bonds is 6. The fourth-order valence-corrected chi connectivity index (χ4v) is 3.68. The molecule has 2 heterocycles. The summed E-state index contributed by atoms with van der Waals surface area (Å²) >= 11 is 0. The average molecular weight is 465 g/mol. The Kier molecular flexibility index (Phi) is 6.22. The highest BCUT2D eigenvalue weighted by Gasteiger charge is 2.37. The molecule has 34 heavy (non-hydrogen) atoms. The molecule has 3 amide bonds. The normalized spacial score (nSPS) is 18.1. The first-order valence-corrected chi connectivity index (χ1v) is 10.4. The Morgan fingerprint density at radius 3 is 2.44 bits per heavy atom. The Labute approximate surface area is 195 Å². The predicted molar refractivity (Wildman–Crippen MR) is 123 cm³/mol. The molecule has 4 rings (SSSR count). The summed E-state index contributed by atoms with van der Waals surface area (Å²) < 4.78 is 21.7. The van der Waals surface area contributed by atoms with Crippen LogP contribution >= 0.6 is 0 Å². The van der Waals surface area contributed by atoms with Crippen LogP contribution in [0.2, 0.25) is 0 Å². The zero-order valence-electron chi connectivity index (χ0n) is 19.1. The Morgan fingerprint density at radius 1 is 1.12 bits per heavy atom. The average Bonchev–Trinajstić information content (AvgIpc) is 3.12. The number of nitrogens with one attached hydrogen (secondary N) is 1. The van der Waals surface area contributed by atoms with Crippen molar-refractivity contribution in [3.05, 3.63) is 47.5 Å². The van der Waals surface area contributed by atoms with Crippen molar-refractivity contribution in [2.75, 3.05) is 26.6 Å². The maximum absolute atomic E-state index is 13.0. The molecule has 0 aliphatic carbocycles. The molecule has 0 fully saturated rings. The van der Waals surface area contributed by atoms with Gasteiger partial charge in [-0.25, -0.2) is 0 Å². The fraction of sp³-hybridized carbons (Fsp3) is 0.250. The largest absolute Gasteiger partial charge is 0.493 e. The second-order valence-electron chi connectivity index (χ2n) is 7.51. The number of hydrogen-bond donors (Lipinski definition) is 1. The number of carbonyl (C=O) groups excluding carboxylic acids is 3. The molecule has 10 nitrogen and oxygen atoms in total. The monoisotopic (exact) mass is 465 g/mol. The van der Waals surface area contributed by atoms with E-state index in [1.54, 1.807) is 49.4 Å². The third kappa shape index (κ3) is 4.17. The summed E-state index contributed by atoms with van der Waals surface area (Å²) in [6, 6.07) is 10.3. The molecule has 176 valence electrons. The highest BCUT2D eigenvalue weighted by Crippen LogP contribution is 2.39. The first-order valence-electron chi connectivity index (χ1n) is 10.4. The highest BCUT2D eigenvalue weighted by atomic mass is 16.5. The molecule has 2 aromatic carbocycles. The molecular weight excluding hydrogens is 442 g/mol. The molecule has 0 saturated heterocycles. The smallest absolute Gasteiger partial charge is 0.283 e. The van der Waals surface area contributed by atoms with Crippen molar-refractivity contribution in [1.82, 2.24) is 5.01 Å². The van der Waals surface area contributed by atoms with Gasteiger partial charge in [-0.1, -0.05) is 12.1 Å². The number of fused-ring (bicyclic) bond motifs is 1. The van der Waals surface area contributed by atoms with E-state index in [2.05, 4.69) is 10.4 Å². The molecule has 2 aliphatic heterocycles. The minimum atomic E-state index is -1.08. The minimum Gasteiger partial charge on any atom is -0.493 e. The predicted octanol–water partition coefficient (Wildman–Crippen LogP) is 2.63. The summed E-state index contributed by atoms with van der Waals surface area (Å²) in [7, 11) is 4.47. The molecule has 1 unspecified atom stereocenters. The maximum Gasteiger partial charge on any atom is 0.283 e. The summed E-state index contributed by atoms with van der Waals surface area (Å²) in [6.45, 7) is 1.62. The number of amides is 3. The molecule has 2 aliphatic rings. The second-order valence-corrected chi connectivity index (χ2v) is 7.51. The van der Waals surface area contributed by atoms with Crippen molar-refractivity contribution in [2.24, 2.45) is 5.10 Å². The lowest BCUT2D eigenvalue weighted by Crippen LogP contribution is -2.41.